The molecule has 0 saturated carbocycles. The van der Waals surface area contributed by atoms with Gasteiger partial charge in [0.05, 0.1) is 12.6 Å². The van der Waals surface area contributed by atoms with Crippen molar-refractivity contribution < 1.29 is 14.6 Å². The van der Waals surface area contributed by atoms with Gasteiger partial charge in [-0.1, -0.05) is 25.1 Å². The van der Waals surface area contributed by atoms with Crippen LogP contribution >= 0.6 is 0 Å². The third-order valence-corrected chi connectivity index (χ3v) is 2.93. The van der Waals surface area contributed by atoms with Crippen molar-refractivity contribution in [3.05, 3.63) is 30.3 Å². The SMILES string of the molecule is CCC(CO)N(CC(=O)OC(C)(C)C)c1ccccc1. The largest absolute Gasteiger partial charge is 0.459 e. The zero-order valence-electron chi connectivity index (χ0n) is 12.8. The van der Waals surface area contributed by atoms with Crippen LogP contribution in [-0.2, 0) is 9.53 Å². The maximum absolute atomic E-state index is 12.0. The van der Waals surface area contributed by atoms with E-state index in [1.54, 1.807) is 0 Å². The van der Waals surface area contributed by atoms with E-state index in [1.807, 2.05) is 62.9 Å². The summed E-state index contributed by atoms with van der Waals surface area (Å²) in [5.74, 6) is -0.284. The molecule has 112 valence electrons. The normalized spacial score (nSPS) is 12.8. The number of ether oxygens (including phenoxy) is 1. The van der Waals surface area contributed by atoms with Crippen molar-refractivity contribution in [2.45, 2.75) is 45.8 Å². The Bertz CT molecular complexity index is 407. The molecule has 0 bridgehead atoms. The fourth-order valence-electron chi connectivity index (χ4n) is 2.01. The minimum absolute atomic E-state index is 0.00813. The number of benzene rings is 1. The summed E-state index contributed by atoms with van der Waals surface area (Å²) in [5.41, 5.74) is 0.416. The van der Waals surface area contributed by atoms with Crippen molar-refractivity contribution >= 4 is 11.7 Å². The zero-order valence-corrected chi connectivity index (χ0v) is 12.8. The minimum Gasteiger partial charge on any atom is -0.459 e. The molecule has 1 unspecified atom stereocenters. The van der Waals surface area contributed by atoms with Gasteiger partial charge >= 0.3 is 5.97 Å². The van der Waals surface area contributed by atoms with Crippen molar-refractivity contribution in [1.29, 1.82) is 0 Å². The monoisotopic (exact) mass is 279 g/mol. The molecule has 0 fully saturated rings. The van der Waals surface area contributed by atoms with Crippen molar-refractivity contribution in [3.63, 3.8) is 0 Å². The number of esters is 1. The molecule has 0 spiro atoms. The molecule has 4 nitrogen and oxygen atoms in total. The second kappa shape index (κ2) is 7.29. The standard InChI is InChI=1S/C16H25NO3/c1-5-13(12-18)17(14-9-7-6-8-10-14)11-15(19)20-16(2,3)4/h6-10,13,18H,5,11-12H2,1-4H3. The smallest absolute Gasteiger partial charge is 0.326 e. The predicted octanol–water partition coefficient (Wildman–Crippen LogP) is 2.61. The highest BCUT2D eigenvalue weighted by molar-refractivity contribution is 5.76. The van der Waals surface area contributed by atoms with Crippen LogP contribution in [0.3, 0.4) is 0 Å². The van der Waals surface area contributed by atoms with Crippen LogP contribution in [0.15, 0.2) is 30.3 Å². The summed E-state index contributed by atoms with van der Waals surface area (Å²) < 4.78 is 5.37. The molecule has 4 heteroatoms. The van der Waals surface area contributed by atoms with E-state index in [-0.39, 0.29) is 25.2 Å². The fraction of sp³-hybridized carbons (Fsp3) is 0.562. The van der Waals surface area contributed by atoms with E-state index in [0.717, 1.165) is 12.1 Å². The number of nitrogens with zero attached hydrogens (tertiary/aromatic N) is 1. The molecule has 0 aliphatic carbocycles. The molecule has 0 aromatic heterocycles. The number of aliphatic hydroxyl groups is 1. The van der Waals surface area contributed by atoms with Crippen LogP contribution in [0.5, 0.6) is 0 Å². The summed E-state index contributed by atoms with van der Waals surface area (Å²) in [6, 6.07) is 9.54. The van der Waals surface area contributed by atoms with Crippen LogP contribution in [0.4, 0.5) is 5.69 Å². The number of carbonyl (C=O) groups excluding carboxylic acids is 1. The molecule has 1 N–H and O–H groups in total. The van der Waals surface area contributed by atoms with E-state index in [4.69, 9.17) is 4.74 Å². The van der Waals surface area contributed by atoms with Crippen LogP contribution in [0.25, 0.3) is 0 Å². The summed E-state index contributed by atoms with van der Waals surface area (Å²) in [6.45, 7) is 7.68. The Balaban J connectivity index is 2.87. The lowest BCUT2D eigenvalue weighted by Gasteiger charge is -2.32. The molecule has 1 aromatic rings. The second-order valence-electron chi connectivity index (χ2n) is 5.79. The Hall–Kier alpha value is -1.55. The van der Waals surface area contributed by atoms with Gasteiger partial charge in [0.25, 0.3) is 0 Å². The van der Waals surface area contributed by atoms with Gasteiger partial charge in [-0.15, -0.1) is 0 Å². The van der Waals surface area contributed by atoms with Gasteiger partial charge in [-0.25, -0.2) is 0 Å². The average molecular weight is 279 g/mol. The maximum atomic E-state index is 12.0. The van der Waals surface area contributed by atoms with Gasteiger partial charge in [-0.3, -0.25) is 4.79 Å². The molecule has 0 amide bonds. The van der Waals surface area contributed by atoms with Gasteiger partial charge in [0, 0.05) is 5.69 Å². The predicted molar refractivity (Wildman–Crippen MR) is 80.8 cm³/mol. The maximum Gasteiger partial charge on any atom is 0.326 e. The summed E-state index contributed by atoms with van der Waals surface area (Å²) in [7, 11) is 0. The topological polar surface area (TPSA) is 49.8 Å². The van der Waals surface area contributed by atoms with Gasteiger partial charge in [0.15, 0.2) is 0 Å². The number of anilines is 1. The van der Waals surface area contributed by atoms with Crippen LogP contribution < -0.4 is 4.90 Å². The number of aliphatic hydroxyl groups excluding tert-OH is 1. The van der Waals surface area contributed by atoms with E-state index in [9.17, 15) is 9.90 Å². The first-order valence-electron chi connectivity index (χ1n) is 7.01. The molecule has 0 heterocycles. The summed E-state index contributed by atoms with van der Waals surface area (Å²) in [4.78, 5) is 13.9. The lowest BCUT2D eigenvalue weighted by atomic mass is 10.1. The van der Waals surface area contributed by atoms with Crippen LogP contribution in [0.2, 0.25) is 0 Å². The van der Waals surface area contributed by atoms with Gasteiger partial charge in [0.2, 0.25) is 0 Å². The fourth-order valence-corrected chi connectivity index (χ4v) is 2.01. The number of para-hydroxylation sites is 1. The highest BCUT2D eigenvalue weighted by Crippen LogP contribution is 2.19. The Morgan fingerprint density at radius 2 is 1.90 bits per heavy atom. The first kappa shape index (κ1) is 16.5. The van der Waals surface area contributed by atoms with Crippen LogP contribution in [0.1, 0.15) is 34.1 Å². The quantitative estimate of drug-likeness (QED) is 0.813. The Labute approximate surface area is 121 Å². The molecule has 1 aromatic carbocycles. The molecule has 0 aliphatic heterocycles. The van der Waals surface area contributed by atoms with E-state index >= 15 is 0 Å². The third-order valence-electron chi connectivity index (χ3n) is 2.93. The van der Waals surface area contributed by atoms with E-state index in [0.29, 0.717) is 0 Å². The highest BCUT2D eigenvalue weighted by atomic mass is 16.6. The molecule has 1 atom stereocenters. The summed E-state index contributed by atoms with van der Waals surface area (Å²) >= 11 is 0. The molecular weight excluding hydrogens is 254 g/mol. The van der Waals surface area contributed by atoms with Crippen LogP contribution in [0, 0.1) is 0 Å². The molecular formula is C16H25NO3. The van der Waals surface area contributed by atoms with E-state index in [2.05, 4.69) is 0 Å². The van der Waals surface area contributed by atoms with Gasteiger partial charge in [-0.05, 0) is 39.3 Å². The van der Waals surface area contributed by atoms with Gasteiger partial charge in [-0.2, -0.15) is 0 Å². The molecule has 0 aliphatic rings. The van der Waals surface area contributed by atoms with Crippen molar-refractivity contribution in [1.82, 2.24) is 0 Å². The lowest BCUT2D eigenvalue weighted by molar-refractivity contribution is -0.153. The Kier molecular flexibility index (Phi) is 6.02. The van der Waals surface area contributed by atoms with Gasteiger partial charge < -0.3 is 14.7 Å². The third kappa shape index (κ3) is 5.21. The van der Waals surface area contributed by atoms with Crippen molar-refractivity contribution in [2.24, 2.45) is 0 Å². The van der Waals surface area contributed by atoms with E-state index in [1.165, 1.54) is 0 Å². The number of rotatable bonds is 6. The Morgan fingerprint density at radius 3 is 2.35 bits per heavy atom. The molecule has 20 heavy (non-hydrogen) atoms. The molecule has 1 rings (SSSR count). The molecule has 0 radical (unpaired) electrons. The Morgan fingerprint density at radius 1 is 1.30 bits per heavy atom. The van der Waals surface area contributed by atoms with Crippen LogP contribution in [-0.4, -0.2) is 35.9 Å². The number of hydrogen-bond acceptors (Lipinski definition) is 4. The number of carbonyl (C=O) groups is 1. The second-order valence-corrected chi connectivity index (χ2v) is 5.79. The van der Waals surface area contributed by atoms with Gasteiger partial charge in [0.1, 0.15) is 12.1 Å². The van der Waals surface area contributed by atoms with E-state index < -0.39 is 5.60 Å². The average Bonchev–Trinajstić information content (AvgIpc) is 2.38. The lowest BCUT2D eigenvalue weighted by Crippen LogP contribution is -2.43. The number of hydrogen-bond donors (Lipinski definition) is 1. The first-order chi connectivity index (χ1) is 9.37. The zero-order chi connectivity index (χ0) is 15.2. The summed E-state index contributed by atoms with van der Waals surface area (Å²) in [6.07, 6.45) is 0.758. The highest BCUT2D eigenvalue weighted by Gasteiger charge is 2.23. The van der Waals surface area contributed by atoms with Crippen molar-refractivity contribution in [2.75, 3.05) is 18.1 Å². The first-order valence-corrected chi connectivity index (χ1v) is 7.01. The van der Waals surface area contributed by atoms with Crippen molar-refractivity contribution in [3.8, 4) is 0 Å². The molecule has 0 saturated heterocycles. The minimum atomic E-state index is -0.500. The summed E-state index contributed by atoms with van der Waals surface area (Å²) in [5, 5.41) is 9.51.